The van der Waals surface area contributed by atoms with Crippen molar-refractivity contribution in [3.05, 3.63) is 76.3 Å². The minimum atomic E-state index is -0.215. The van der Waals surface area contributed by atoms with Gasteiger partial charge in [-0.2, -0.15) is 0 Å². The van der Waals surface area contributed by atoms with E-state index in [-0.39, 0.29) is 5.91 Å². The number of rotatable bonds is 5. The maximum Gasteiger partial charge on any atom is 0.255 e. The first-order valence-electron chi connectivity index (χ1n) is 8.22. The highest BCUT2D eigenvalue weighted by Gasteiger charge is 2.09. The van der Waals surface area contributed by atoms with Crippen LogP contribution in [0.4, 0.5) is 5.69 Å². The van der Waals surface area contributed by atoms with Crippen LogP contribution in [0.15, 0.2) is 60.1 Å². The highest BCUT2D eigenvalue weighted by Crippen LogP contribution is 2.27. The Morgan fingerprint density at radius 1 is 1.04 bits per heavy atom. The van der Waals surface area contributed by atoms with Crippen LogP contribution >= 0.6 is 35.0 Å². The largest absolute Gasteiger partial charge is 0.341 e. The molecule has 2 aromatic carbocycles. The molecule has 4 aromatic rings. The number of halogens is 2. The number of imidazole rings is 1. The zero-order valence-electron chi connectivity index (χ0n) is 14.3. The summed E-state index contributed by atoms with van der Waals surface area (Å²) in [6.45, 7) is 0. The van der Waals surface area contributed by atoms with Crippen LogP contribution in [0.3, 0.4) is 0 Å². The zero-order chi connectivity index (χ0) is 19.5. The number of hydrogen-bond donors (Lipinski definition) is 2. The molecule has 0 fully saturated rings. The molecule has 0 aliphatic heterocycles. The molecular formula is C19H13Cl2N5OS. The molecule has 0 spiro atoms. The van der Waals surface area contributed by atoms with Gasteiger partial charge in [-0.25, -0.2) is 15.0 Å². The van der Waals surface area contributed by atoms with Crippen molar-refractivity contribution in [2.24, 2.45) is 0 Å². The second-order valence-electron chi connectivity index (χ2n) is 5.85. The molecule has 0 aliphatic rings. The van der Waals surface area contributed by atoms with Crippen LogP contribution in [-0.2, 0) is 5.75 Å². The Hall–Kier alpha value is -2.61. The summed E-state index contributed by atoms with van der Waals surface area (Å²) in [5.74, 6) is 0.493. The van der Waals surface area contributed by atoms with Gasteiger partial charge in [0.1, 0.15) is 16.9 Å². The van der Waals surface area contributed by atoms with E-state index >= 15 is 0 Å². The number of aromatic nitrogens is 4. The predicted molar refractivity (Wildman–Crippen MR) is 112 cm³/mol. The Morgan fingerprint density at radius 2 is 1.86 bits per heavy atom. The number of carbonyl (C=O) groups is 1. The minimum absolute atomic E-state index is 0.215. The number of H-pyrrole nitrogens is 1. The molecule has 0 saturated carbocycles. The molecule has 0 atom stereocenters. The minimum Gasteiger partial charge on any atom is -0.341 e. The lowest BCUT2D eigenvalue weighted by molar-refractivity contribution is 0.102. The summed E-state index contributed by atoms with van der Waals surface area (Å²) in [7, 11) is 0. The van der Waals surface area contributed by atoms with E-state index in [0.29, 0.717) is 32.7 Å². The van der Waals surface area contributed by atoms with Crippen LogP contribution in [0.5, 0.6) is 0 Å². The van der Waals surface area contributed by atoms with E-state index in [1.165, 1.54) is 6.33 Å². The van der Waals surface area contributed by atoms with Gasteiger partial charge in [-0.05, 0) is 35.9 Å². The number of benzene rings is 2. The third kappa shape index (κ3) is 4.11. The van der Waals surface area contributed by atoms with Gasteiger partial charge in [-0.1, -0.05) is 47.1 Å². The number of aromatic amines is 1. The van der Waals surface area contributed by atoms with Crippen molar-refractivity contribution >= 4 is 57.7 Å². The van der Waals surface area contributed by atoms with Crippen LogP contribution in [0.25, 0.3) is 11.2 Å². The zero-order valence-corrected chi connectivity index (χ0v) is 16.6. The molecular weight excluding hydrogens is 417 g/mol. The van der Waals surface area contributed by atoms with Crippen molar-refractivity contribution in [1.29, 1.82) is 0 Å². The number of amides is 1. The quantitative estimate of drug-likeness (QED) is 0.336. The fourth-order valence-electron chi connectivity index (χ4n) is 2.53. The molecule has 0 radical (unpaired) electrons. The van der Waals surface area contributed by atoms with Gasteiger partial charge in [0.2, 0.25) is 0 Å². The number of nitrogens with zero attached hydrogens (tertiary/aromatic N) is 3. The molecule has 2 aromatic heterocycles. The van der Waals surface area contributed by atoms with Gasteiger partial charge in [-0.15, -0.1) is 0 Å². The van der Waals surface area contributed by atoms with E-state index in [0.717, 1.165) is 16.1 Å². The molecule has 0 unspecified atom stereocenters. The molecule has 2 N–H and O–H groups in total. The first kappa shape index (κ1) is 18.7. The Balaban J connectivity index is 1.41. The Bertz CT molecular complexity index is 1150. The smallest absolute Gasteiger partial charge is 0.255 e. The van der Waals surface area contributed by atoms with Gasteiger partial charge in [0.25, 0.3) is 5.91 Å². The van der Waals surface area contributed by atoms with Crippen LogP contribution in [0.1, 0.15) is 15.9 Å². The van der Waals surface area contributed by atoms with E-state index in [4.69, 9.17) is 23.2 Å². The standard InChI is InChI=1S/C19H13Cl2N5OS/c20-14-6-5-13(7-15(14)21)26-18(27)12-3-1-11(2-4-12)8-28-19-16-17(23-9-22-16)24-10-25-19/h1-7,9-10H,8H2,(H,26,27)(H,22,23,24,25). The molecule has 140 valence electrons. The average molecular weight is 430 g/mol. The number of fused-ring (bicyclic) bond motifs is 1. The summed E-state index contributed by atoms with van der Waals surface area (Å²) in [6.07, 6.45) is 3.10. The number of carbonyl (C=O) groups excluding carboxylic acids is 1. The molecule has 1 amide bonds. The lowest BCUT2D eigenvalue weighted by Gasteiger charge is -2.07. The highest BCUT2D eigenvalue weighted by atomic mass is 35.5. The normalized spacial score (nSPS) is 10.9. The summed E-state index contributed by atoms with van der Waals surface area (Å²) < 4.78 is 0. The van der Waals surface area contributed by atoms with Crippen molar-refractivity contribution in [3.8, 4) is 0 Å². The number of nitrogens with one attached hydrogen (secondary N) is 2. The molecule has 6 nitrogen and oxygen atoms in total. The number of anilines is 1. The lowest BCUT2D eigenvalue weighted by Crippen LogP contribution is -2.11. The third-order valence-corrected chi connectivity index (χ3v) is 5.76. The van der Waals surface area contributed by atoms with E-state index in [9.17, 15) is 4.79 Å². The van der Waals surface area contributed by atoms with E-state index < -0.39 is 0 Å². The molecule has 28 heavy (non-hydrogen) atoms. The molecule has 0 aliphatic carbocycles. The third-order valence-electron chi connectivity index (χ3n) is 3.96. The van der Waals surface area contributed by atoms with Gasteiger partial charge in [-0.3, -0.25) is 4.79 Å². The Labute approximate surface area is 174 Å². The molecule has 4 rings (SSSR count). The van der Waals surface area contributed by atoms with Gasteiger partial charge in [0.05, 0.1) is 16.4 Å². The second-order valence-corrected chi connectivity index (χ2v) is 7.63. The molecule has 0 saturated heterocycles. The SMILES string of the molecule is O=C(Nc1ccc(Cl)c(Cl)c1)c1ccc(CSc2ncnc3nc[nH]c23)cc1. The second kappa shape index (κ2) is 8.18. The first-order valence-corrected chi connectivity index (χ1v) is 9.96. The lowest BCUT2D eigenvalue weighted by atomic mass is 10.1. The van der Waals surface area contributed by atoms with Crippen LogP contribution in [-0.4, -0.2) is 25.8 Å². The first-order chi connectivity index (χ1) is 13.6. The summed E-state index contributed by atoms with van der Waals surface area (Å²) in [4.78, 5) is 28.0. The van der Waals surface area contributed by atoms with E-state index in [2.05, 4.69) is 25.3 Å². The number of thioether (sulfide) groups is 1. The van der Waals surface area contributed by atoms with Crippen molar-refractivity contribution in [2.75, 3.05) is 5.32 Å². The number of hydrogen-bond acceptors (Lipinski definition) is 5. The highest BCUT2D eigenvalue weighted by molar-refractivity contribution is 7.98. The van der Waals surface area contributed by atoms with E-state index in [1.807, 2.05) is 12.1 Å². The van der Waals surface area contributed by atoms with Gasteiger partial charge in [0, 0.05) is 17.0 Å². The van der Waals surface area contributed by atoms with Crippen LogP contribution in [0, 0.1) is 0 Å². The van der Waals surface area contributed by atoms with Gasteiger partial charge >= 0.3 is 0 Å². The molecule has 2 heterocycles. The fourth-order valence-corrected chi connectivity index (χ4v) is 3.74. The Morgan fingerprint density at radius 3 is 2.64 bits per heavy atom. The average Bonchev–Trinajstić information content (AvgIpc) is 3.19. The molecule has 9 heteroatoms. The van der Waals surface area contributed by atoms with Crippen LogP contribution in [0.2, 0.25) is 10.0 Å². The van der Waals surface area contributed by atoms with Gasteiger partial charge < -0.3 is 10.3 Å². The molecule has 0 bridgehead atoms. The van der Waals surface area contributed by atoms with Crippen molar-refractivity contribution in [3.63, 3.8) is 0 Å². The predicted octanol–water partition coefficient (Wildman–Crippen LogP) is 5.20. The van der Waals surface area contributed by atoms with Crippen LogP contribution < -0.4 is 5.32 Å². The van der Waals surface area contributed by atoms with E-state index in [1.54, 1.807) is 48.4 Å². The maximum absolute atomic E-state index is 12.4. The van der Waals surface area contributed by atoms with Gasteiger partial charge in [0.15, 0.2) is 5.65 Å². The monoisotopic (exact) mass is 429 g/mol. The summed E-state index contributed by atoms with van der Waals surface area (Å²) in [6, 6.07) is 12.4. The Kier molecular flexibility index (Phi) is 5.47. The van der Waals surface area contributed by atoms with Crippen molar-refractivity contribution < 1.29 is 4.79 Å². The summed E-state index contributed by atoms with van der Waals surface area (Å²) in [5.41, 5.74) is 3.68. The van der Waals surface area contributed by atoms with Crippen molar-refractivity contribution in [2.45, 2.75) is 10.8 Å². The summed E-state index contributed by atoms with van der Waals surface area (Å²) in [5, 5.41) is 4.48. The maximum atomic E-state index is 12.4. The fraction of sp³-hybridized carbons (Fsp3) is 0.0526. The van der Waals surface area contributed by atoms with Crippen molar-refractivity contribution in [1.82, 2.24) is 19.9 Å². The summed E-state index contributed by atoms with van der Waals surface area (Å²) >= 11 is 13.4. The topological polar surface area (TPSA) is 83.6 Å².